The molecule has 3 heterocycles. The Morgan fingerprint density at radius 3 is 3.21 bits per heavy atom. The predicted molar refractivity (Wildman–Crippen MR) is 52.8 cm³/mol. The van der Waals surface area contributed by atoms with Gasteiger partial charge in [-0.15, -0.1) is 0 Å². The molecule has 3 rings (SSSR count). The summed E-state index contributed by atoms with van der Waals surface area (Å²) in [5, 5.41) is 10.6. The van der Waals surface area contributed by atoms with Gasteiger partial charge in [0, 0.05) is 19.0 Å². The summed E-state index contributed by atoms with van der Waals surface area (Å²) < 4.78 is 5.53. The van der Waals surface area contributed by atoms with Crippen molar-refractivity contribution in [3.63, 3.8) is 0 Å². The fraction of sp³-hybridized carbons (Fsp3) is 0.818. The van der Waals surface area contributed by atoms with E-state index < -0.39 is 5.60 Å². The van der Waals surface area contributed by atoms with E-state index in [2.05, 4.69) is 11.0 Å². The highest BCUT2D eigenvalue weighted by atomic mass is 16.5. The minimum absolute atomic E-state index is 0.326. The summed E-state index contributed by atoms with van der Waals surface area (Å²) in [5.74, 6) is 0.854. The summed E-state index contributed by atoms with van der Waals surface area (Å²) in [6.45, 7) is 2.94. The SMILES string of the molecule is OC1(C2=CCCO2)CCN2CCCC21. The standard InChI is InChI=1S/C11H17NO2/c13-11(10-4-2-8-14-10)5-7-12-6-1-3-9(11)12/h4,9,13H,1-3,5-8H2. The number of hydrogen-bond acceptors (Lipinski definition) is 3. The Morgan fingerprint density at radius 1 is 1.50 bits per heavy atom. The molecule has 0 saturated carbocycles. The Labute approximate surface area is 84.3 Å². The molecule has 3 heteroatoms. The lowest BCUT2D eigenvalue weighted by Crippen LogP contribution is -2.43. The quantitative estimate of drug-likeness (QED) is 0.674. The first kappa shape index (κ1) is 8.74. The molecule has 0 aliphatic carbocycles. The zero-order chi connectivity index (χ0) is 9.60. The van der Waals surface area contributed by atoms with Crippen LogP contribution in [0.1, 0.15) is 25.7 Å². The third kappa shape index (κ3) is 1.06. The van der Waals surface area contributed by atoms with E-state index in [1.54, 1.807) is 0 Å². The van der Waals surface area contributed by atoms with Crippen LogP contribution in [0.2, 0.25) is 0 Å². The summed E-state index contributed by atoms with van der Waals surface area (Å²) >= 11 is 0. The Hall–Kier alpha value is -0.540. The second kappa shape index (κ2) is 2.97. The Balaban J connectivity index is 1.88. The molecule has 0 radical (unpaired) electrons. The molecule has 0 aromatic heterocycles. The highest BCUT2D eigenvalue weighted by Gasteiger charge is 2.51. The number of fused-ring (bicyclic) bond motifs is 1. The van der Waals surface area contributed by atoms with Crippen LogP contribution in [-0.2, 0) is 4.74 Å². The molecular weight excluding hydrogens is 178 g/mol. The molecular formula is C11H17NO2. The van der Waals surface area contributed by atoms with Crippen molar-refractivity contribution in [3.05, 3.63) is 11.8 Å². The van der Waals surface area contributed by atoms with Crippen molar-refractivity contribution in [2.24, 2.45) is 0 Å². The van der Waals surface area contributed by atoms with Crippen LogP contribution >= 0.6 is 0 Å². The van der Waals surface area contributed by atoms with Gasteiger partial charge >= 0.3 is 0 Å². The van der Waals surface area contributed by atoms with Gasteiger partial charge in [0.1, 0.15) is 11.4 Å². The molecule has 0 aromatic carbocycles. The van der Waals surface area contributed by atoms with Gasteiger partial charge in [-0.3, -0.25) is 4.90 Å². The van der Waals surface area contributed by atoms with Crippen molar-refractivity contribution < 1.29 is 9.84 Å². The number of hydrogen-bond donors (Lipinski definition) is 1. The Kier molecular flexibility index (Phi) is 1.86. The Bertz CT molecular complexity index is 276. The fourth-order valence-corrected chi connectivity index (χ4v) is 3.12. The number of aliphatic hydroxyl groups is 1. The van der Waals surface area contributed by atoms with E-state index in [9.17, 15) is 5.11 Å². The average molecular weight is 195 g/mol. The van der Waals surface area contributed by atoms with Crippen LogP contribution in [-0.4, -0.2) is 41.3 Å². The third-order valence-corrected chi connectivity index (χ3v) is 3.83. The lowest BCUT2D eigenvalue weighted by atomic mass is 9.90. The molecule has 3 nitrogen and oxygen atoms in total. The highest BCUT2D eigenvalue weighted by Crippen LogP contribution is 2.42. The van der Waals surface area contributed by atoms with Crippen molar-refractivity contribution in [2.75, 3.05) is 19.7 Å². The molecule has 2 saturated heterocycles. The van der Waals surface area contributed by atoms with Gasteiger partial charge in [0.15, 0.2) is 0 Å². The van der Waals surface area contributed by atoms with Crippen LogP contribution < -0.4 is 0 Å². The molecule has 14 heavy (non-hydrogen) atoms. The van der Waals surface area contributed by atoms with Crippen LogP contribution in [0, 0.1) is 0 Å². The van der Waals surface area contributed by atoms with E-state index in [1.807, 2.05) is 0 Å². The largest absolute Gasteiger partial charge is 0.495 e. The van der Waals surface area contributed by atoms with Gasteiger partial charge in [0.2, 0.25) is 0 Å². The summed E-state index contributed by atoms with van der Waals surface area (Å²) in [4.78, 5) is 2.41. The van der Waals surface area contributed by atoms with Gasteiger partial charge in [0.25, 0.3) is 0 Å². The van der Waals surface area contributed by atoms with E-state index in [0.29, 0.717) is 6.04 Å². The Morgan fingerprint density at radius 2 is 2.43 bits per heavy atom. The van der Waals surface area contributed by atoms with Crippen molar-refractivity contribution in [2.45, 2.75) is 37.3 Å². The molecule has 3 aliphatic rings. The first-order valence-corrected chi connectivity index (χ1v) is 5.60. The van der Waals surface area contributed by atoms with E-state index in [4.69, 9.17) is 4.74 Å². The number of rotatable bonds is 1. The molecule has 0 aromatic rings. The molecule has 2 unspecified atom stereocenters. The fourth-order valence-electron chi connectivity index (χ4n) is 3.12. The second-order valence-electron chi connectivity index (χ2n) is 4.57. The maximum Gasteiger partial charge on any atom is 0.138 e. The zero-order valence-electron chi connectivity index (χ0n) is 8.41. The average Bonchev–Trinajstić information content (AvgIpc) is 2.84. The highest BCUT2D eigenvalue weighted by molar-refractivity contribution is 5.21. The van der Waals surface area contributed by atoms with Gasteiger partial charge in [-0.25, -0.2) is 0 Å². The number of ether oxygens (including phenoxy) is 1. The molecule has 78 valence electrons. The third-order valence-electron chi connectivity index (χ3n) is 3.83. The number of nitrogens with zero attached hydrogens (tertiary/aromatic N) is 1. The minimum atomic E-state index is -0.660. The maximum atomic E-state index is 10.6. The summed E-state index contributed by atoms with van der Waals surface area (Å²) in [6, 6.07) is 0.326. The first-order valence-electron chi connectivity index (χ1n) is 5.60. The molecule has 1 N–H and O–H groups in total. The lowest BCUT2D eigenvalue weighted by Gasteiger charge is -2.30. The molecule has 0 amide bonds. The van der Waals surface area contributed by atoms with Crippen molar-refractivity contribution in [3.8, 4) is 0 Å². The minimum Gasteiger partial charge on any atom is -0.495 e. The lowest BCUT2D eigenvalue weighted by molar-refractivity contribution is -0.00150. The van der Waals surface area contributed by atoms with E-state index >= 15 is 0 Å². The first-order chi connectivity index (χ1) is 6.81. The summed E-state index contributed by atoms with van der Waals surface area (Å²) in [5.41, 5.74) is -0.660. The topological polar surface area (TPSA) is 32.7 Å². The van der Waals surface area contributed by atoms with Crippen LogP contribution in [0.3, 0.4) is 0 Å². The van der Waals surface area contributed by atoms with Gasteiger partial charge < -0.3 is 9.84 Å². The van der Waals surface area contributed by atoms with Crippen LogP contribution in [0.4, 0.5) is 0 Å². The summed E-state index contributed by atoms with van der Waals surface area (Å²) in [7, 11) is 0. The van der Waals surface area contributed by atoms with Gasteiger partial charge in [-0.05, 0) is 31.9 Å². The zero-order valence-corrected chi connectivity index (χ0v) is 8.41. The van der Waals surface area contributed by atoms with Gasteiger partial charge in [-0.2, -0.15) is 0 Å². The molecule has 2 fully saturated rings. The van der Waals surface area contributed by atoms with E-state index in [1.165, 1.54) is 6.42 Å². The molecule has 2 atom stereocenters. The van der Waals surface area contributed by atoms with Crippen molar-refractivity contribution in [1.82, 2.24) is 4.90 Å². The monoisotopic (exact) mass is 195 g/mol. The molecule has 3 aliphatic heterocycles. The van der Waals surface area contributed by atoms with Gasteiger partial charge in [0.05, 0.1) is 6.61 Å². The maximum absolute atomic E-state index is 10.6. The second-order valence-corrected chi connectivity index (χ2v) is 4.57. The normalized spacial score (nSPS) is 42.4. The van der Waals surface area contributed by atoms with Crippen LogP contribution in [0.25, 0.3) is 0 Å². The molecule has 0 spiro atoms. The smallest absolute Gasteiger partial charge is 0.138 e. The van der Waals surface area contributed by atoms with Crippen molar-refractivity contribution >= 4 is 0 Å². The van der Waals surface area contributed by atoms with Crippen LogP contribution in [0.5, 0.6) is 0 Å². The van der Waals surface area contributed by atoms with Crippen LogP contribution in [0.15, 0.2) is 11.8 Å². The van der Waals surface area contributed by atoms with E-state index in [-0.39, 0.29) is 0 Å². The van der Waals surface area contributed by atoms with E-state index in [0.717, 1.165) is 44.7 Å². The molecule has 0 bridgehead atoms. The summed E-state index contributed by atoms with van der Waals surface area (Å²) in [6.07, 6.45) is 6.23. The van der Waals surface area contributed by atoms with Gasteiger partial charge in [-0.1, -0.05) is 0 Å². The van der Waals surface area contributed by atoms with Crippen molar-refractivity contribution in [1.29, 1.82) is 0 Å². The predicted octanol–water partition coefficient (Wildman–Crippen LogP) is 0.890.